The third-order valence-electron chi connectivity index (χ3n) is 2.91. The monoisotopic (exact) mass is 391 g/mol. The second kappa shape index (κ2) is 8.83. The fourth-order valence-corrected chi connectivity index (χ4v) is 2.16. The van der Waals surface area contributed by atoms with Crippen LogP contribution in [-0.2, 0) is 9.53 Å². The first-order valence-corrected chi connectivity index (χ1v) is 7.81. The lowest BCUT2D eigenvalue weighted by Gasteiger charge is -2.06. The van der Waals surface area contributed by atoms with E-state index in [0.717, 1.165) is 4.47 Å². The molecule has 0 amide bonds. The minimum atomic E-state index is -0.508. The van der Waals surface area contributed by atoms with Crippen molar-refractivity contribution in [3.63, 3.8) is 0 Å². The summed E-state index contributed by atoms with van der Waals surface area (Å²) in [5.74, 6) is 0.174. The number of non-ortho nitro benzene ring substituents is 1. The van der Waals surface area contributed by atoms with E-state index in [1.54, 1.807) is 18.2 Å². The zero-order chi connectivity index (χ0) is 17.4. The smallest absolute Gasteiger partial charge is 0.330 e. The SMILES string of the molecule is O=C(/C=C/c1ccc([N+](=O)[O-])cc1)OCCOc1cccc(Br)c1. The van der Waals surface area contributed by atoms with Gasteiger partial charge in [0, 0.05) is 22.7 Å². The highest BCUT2D eigenvalue weighted by atomic mass is 79.9. The van der Waals surface area contributed by atoms with Crippen molar-refractivity contribution in [2.24, 2.45) is 0 Å². The summed E-state index contributed by atoms with van der Waals surface area (Å²) in [6.07, 6.45) is 2.79. The molecule has 2 aromatic carbocycles. The van der Waals surface area contributed by atoms with E-state index < -0.39 is 10.9 Å². The van der Waals surface area contributed by atoms with Gasteiger partial charge in [0.1, 0.15) is 19.0 Å². The summed E-state index contributed by atoms with van der Waals surface area (Å²) in [5.41, 5.74) is 0.669. The standard InChI is InChI=1S/C17H14BrNO5/c18-14-2-1-3-16(12-14)23-10-11-24-17(20)9-6-13-4-7-15(8-5-13)19(21)22/h1-9,12H,10-11H2/b9-6+. The Hall–Kier alpha value is -2.67. The summed E-state index contributed by atoms with van der Waals surface area (Å²) < 4.78 is 11.4. The predicted molar refractivity (Wildman–Crippen MR) is 92.7 cm³/mol. The number of nitro benzene ring substituents is 1. The van der Waals surface area contributed by atoms with E-state index in [1.807, 2.05) is 18.2 Å². The summed E-state index contributed by atoms with van der Waals surface area (Å²) in [4.78, 5) is 21.6. The van der Waals surface area contributed by atoms with Gasteiger partial charge in [0.25, 0.3) is 5.69 Å². The van der Waals surface area contributed by atoms with Gasteiger partial charge in [-0.2, -0.15) is 0 Å². The molecule has 0 fully saturated rings. The third-order valence-corrected chi connectivity index (χ3v) is 3.40. The third kappa shape index (κ3) is 5.85. The lowest BCUT2D eigenvalue weighted by atomic mass is 10.2. The molecule has 0 aromatic heterocycles. The van der Waals surface area contributed by atoms with Gasteiger partial charge in [-0.05, 0) is 42.0 Å². The van der Waals surface area contributed by atoms with Crippen LogP contribution in [0, 0.1) is 10.1 Å². The van der Waals surface area contributed by atoms with Gasteiger partial charge in [-0.25, -0.2) is 4.79 Å². The van der Waals surface area contributed by atoms with Crippen molar-refractivity contribution in [1.82, 2.24) is 0 Å². The second-order valence-electron chi connectivity index (χ2n) is 4.66. The van der Waals surface area contributed by atoms with Crippen LogP contribution in [0.5, 0.6) is 5.75 Å². The van der Waals surface area contributed by atoms with Crippen LogP contribution in [0.4, 0.5) is 5.69 Å². The molecule has 0 saturated carbocycles. The van der Waals surface area contributed by atoms with Gasteiger partial charge in [-0.3, -0.25) is 10.1 Å². The Morgan fingerprint density at radius 3 is 2.58 bits per heavy atom. The number of rotatable bonds is 7. The summed E-state index contributed by atoms with van der Waals surface area (Å²) in [7, 11) is 0. The molecule has 6 nitrogen and oxygen atoms in total. The average molecular weight is 392 g/mol. The van der Waals surface area contributed by atoms with Crippen molar-refractivity contribution in [2.75, 3.05) is 13.2 Å². The van der Waals surface area contributed by atoms with Crippen molar-refractivity contribution in [2.45, 2.75) is 0 Å². The van der Waals surface area contributed by atoms with Crippen LogP contribution in [0.15, 0.2) is 59.1 Å². The molecule has 0 atom stereocenters. The summed E-state index contributed by atoms with van der Waals surface area (Å²) in [6.45, 7) is 0.365. The van der Waals surface area contributed by atoms with Crippen LogP contribution < -0.4 is 4.74 Å². The zero-order valence-electron chi connectivity index (χ0n) is 12.6. The molecule has 0 unspecified atom stereocenters. The molecule has 0 aliphatic rings. The van der Waals surface area contributed by atoms with E-state index in [2.05, 4.69) is 15.9 Å². The van der Waals surface area contributed by atoms with Gasteiger partial charge in [0.15, 0.2) is 0 Å². The number of carbonyl (C=O) groups is 1. The number of nitro groups is 1. The van der Waals surface area contributed by atoms with Crippen molar-refractivity contribution in [3.05, 3.63) is 74.8 Å². The summed E-state index contributed by atoms with van der Waals surface area (Å²) in [5, 5.41) is 10.5. The normalized spacial score (nSPS) is 10.5. The molecule has 2 rings (SSSR count). The molecular formula is C17H14BrNO5. The molecule has 0 saturated heterocycles. The van der Waals surface area contributed by atoms with E-state index in [-0.39, 0.29) is 18.9 Å². The Morgan fingerprint density at radius 1 is 1.17 bits per heavy atom. The Labute approximate surface area is 147 Å². The van der Waals surface area contributed by atoms with Gasteiger partial charge in [-0.1, -0.05) is 22.0 Å². The number of benzene rings is 2. The molecule has 7 heteroatoms. The Kier molecular flexibility index (Phi) is 6.51. The number of ether oxygens (including phenoxy) is 2. The number of halogens is 1. The molecule has 0 spiro atoms. The molecule has 0 radical (unpaired) electrons. The number of esters is 1. The molecule has 0 heterocycles. The highest BCUT2D eigenvalue weighted by Crippen LogP contribution is 2.17. The van der Waals surface area contributed by atoms with E-state index in [9.17, 15) is 14.9 Å². The second-order valence-corrected chi connectivity index (χ2v) is 5.57. The molecule has 24 heavy (non-hydrogen) atoms. The molecule has 2 aromatic rings. The van der Waals surface area contributed by atoms with Crippen LogP contribution in [0.3, 0.4) is 0 Å². The first kappa shape index (κ1) is 17.7. The minimum absolute atomic E-state index is 0.000533. The molecular weight excluding hydrogens is 378 g/mol. The zero-order valence-corrected chi connectivity index (χ0v) is 14.1. The first-order valence-electron chi connectivity index (χ1n) is 7.02. The van der Waals surface area contributed by atoms with E-state index in [4.69, 9.17) is 9.47 Å². The largest absolute Gasteiger partial charge is 0.490 e. The Morgan fingerprint density at radius 2 is 1.92 bits per heavy atom. The maximum atomic E-state index is 11.6. The number of nitrogens with zero attached hydrogens (tertiary/aromatic N) is 1. The topological polar surface area (TPSA) is 78.7 Å². The molecule has 0 N–H and O–H groups in total. The molecule has 0 aliphatic carbocycles. The summed E-state index contributed by atoms with van der Waals surface area (Å²) >= 11 is 3.34. The van der Waals surface area contributed by atoms with Crippen LogP contribution in [0.25, 0.3) is 6.08 Å². The molecule has 0 bridgehead atoms. The van der Waals surface area contributed by atoms with Gasteiger partial charge < -0.3 is 9.47 Å². The van der Waals surface area contributed by atoms with Gasteiger partial charge in [-0.15, -0.1) is 0 Å². The van der Waals surface area contributed by atoms with E-state index >= 15 is 0 Å². The van der Waals surface area contributed by atoms with Crippen molar-refractivity contribution in [1.29, 1.82) is 0 Å². The van der Waals surface area contributed by atoms with Crippen LogP contribution in [-0.4, -0.2) is 24.1 Å². The van der Waals surface area contributed by atoms with Gasteiger partial charge >= 0.3 is 5.97 Å². The van der Waals surface area contributed by atoms with Crippen LogP contribution in [0.1, 0.15) is 5.56 Å². The van der Waals surface area contributed by atoms with E-state index in [1.165, 1.54) is 24.3 Å². The first-order chi connectivity index (χ1) is 11.5. The van der Waals surface area contributed by atoms with Crippen molar-refractivity contribution < 1.29 is 19.2 Å². The highest BCUT2D eigenvalue weighted by molar-refractivity contribution is 9.10. The van der Waals surface area contributed by atoms with E-state index in [0.29, 0.717) is 11.3 Å². The predicted octanol–water partition coefficient (Wildman–Crippen LogP) is 3.99. The number of hydrogen-bond acceptors (Lipinski definition) is 5. The fraction of sp³-hybridized carbons (Fsp3) is 0.118. The Balaban J connectivity index is 1.73. The lowest BCUT2D eigenvalue weighted by Crippen LogP contribution is -2.10. The quantitative estimate of drug-likeness (QED) is 0.234. The number of carbonyl (C=O) groups excluding carboxylic acids is 1. The van der Waals surface area contributed by atoms with Crippen molar-refractivity contribution >= 4 is 33.7 Å². The van der Waals surface area contributed by atoms with Crippen molar-refractivity contribution in [3.8, 4) is 5.75 Å². The molecule has 0 aliphatic heterocycles. The average Bonchev–Trinajstić information content (AvgIpc) is 2.57. The maximum Gasteiger partial charge on any atom is 0.330 e. The minimum Gasteiger partial charge on any atom is -0.490 e. The Bertz CT molecular complexity index is 743. The molecule has 124 valence electrons. The van der Waals surface area contributed by atoms with Gasteiger partial charge in [0.05, 0.1) is 4.92 Å². The van der Waals surface area contributed by atoms with Crippen LogP contribution >= 0.6 is 15.9 Å². The lowest BCUT2D eigenvalue weighted by molar-refractivity contribution is -0.384. The number of hydrogen-bond donors (Lipinski definition) is 0. The summed E-state index contributed by atoms with van der Waals surface area (Å²) in [6, 6.07) is 13.2. The highest BCUT2D eigenvalue weighted by Gasteiger charge is 2.03. The fourth-order valence-electron chi connectivity index (χ4n) is 1.78. The van der Waals surface area contributed by atoms with Gasteiger partial charge in [0.2, 0.25) is 0 Å². The maximum absolute atomic E-state index is 11.6. The van der Waals surface area contributed by atoms with Crippen LogP contribution in [0.2, 0.25) is 0 Å².